The first kappa shape index (κ1) is 13.8. The van der Waals surface area contributed by atoms with Crippen LogP contribution in [0.15, 0.2) is 12.1 Å². The number of nitrogens with one attached hydrogen (secondary N) is 1. The summed E-state index contributed by atoms with van der Waals surface area (Å²) in [4.78, 5) is 12.1. The lowest BCUT2D eigenvalue weighted by molar-refractivity contribution is 0.399. The molecule has 0 spiro atoms. The van der Waals surface area contributed by atoms with Crippen LogP contribution < -0.4 is 10.5 Å². The first-order valence-electron chi connectivity index (χ1n) is 6.86. The lowest BCUT2D eigenvalue weighted by Gasteiger charge is -2.11. The molecule has 2 rings (SSSR count). The summed E-state index contributed by atoms with van der Waals surface area (Å²) in [5.74, 6) is 2.27. The molecule has 0 aliphatic heterocycles. The lowest BCUT2D eigenvalue weighted by Crippen LogP contribution is -2.09. The molecule has 2 heterocycles. The minimum atomic E-state index is 0.597. The monoisotopic (exact) mass is 262 g/mol. The Morgan fingerprint density at radius 1 is 1.32 bits per heavy atom. The molecule has 0 saturated carbocycles. The number of aromatic amines is 1. The van der Waals surface area contributed by atoms with Crippen molar-refractivity contribution < 1.29 is 4.74 Å². The van der Waals surface area contributed by atoms with Crippen LogP contribution in [0.2, 0.25) is 0 Å². The number of ether oxygens (including phenoxy) is 1. The number of H-pyrrole nitrogens is 1. The number of hydrogen-bond acceptors (Lipinski definition) is 4. The van der Waals surface area contributed by atoms with Gasteiger partial charge in [0.05, 0.1) is 12.6 Å². The molecule has 0 radical (unpaired) electrons. The third-order valence-electron chi connectivity index (χ3n) is 3.52. The number of nitrogens with zero attached hydrogens (tertiary/aromatic N) is 2. The highest BCUT2D eigenvalue weighted by molar-refractivity contribution is 5.71. The normalized spacial score (nSPS) is 12.8. The van der Waals surface area contributed by atoms with E-state index < -0.39 is 0 Å². The first-order chi connectivity index (χ1) is 9.26. The van der Waals surface area contributed by atoms with Gasteiger partial charge in [0.2, 0.25) is 5.88 Å². The fraction of sp³-hybridized carbons (Fsp3) is 0.571. The summed E-state index contributed by atoms with van der Waals surface area (Å²) in [5.41, 5.74) is 7.30. The van der Waals surface area contributed by atoms with Gasteiger partial charge < -0.3 is 15.5 Å². The smallest absolute Gasteiger partial charge is 0.215 e. The molecule has 0 amide bonds. The van der Waals surface area contributed by atoms with E-state index in [0.717, 1.165) is 42.8 Å². The van der Waals surface area contributed by atoms with Crippen LogP contribution >= 0.6 is 0 Å². The zero-order valence-corrected chi connectivity index (χ0v) is 11.6. The van der Waals surface area contributed by atoms with Crippen LogP contribution in [0.5, 0.6) is 5.88 Å². The highest BCUT2D eigenvalue weighted by Gasteiger charge is 2.09. The van der Waals surface area contributed by atoms with Gasteiger partial charge in [-0.1, -0.05) is 13.3 Å². The summed E-state index contributed by atoms with van der Waals surface area (Å²) < 4.78 is 5.10. The van der Waals surface area contributed by atoms with Crippen molar-refractivity contribution in [3.05, 3.63) is 18.0 Å². The maximum atomic E-state index is 5.62. The average molecular weight is 262 g/mol. The standard InChI is InChI=1S/C14H22N4O/c1-3-10(8-9-15)4-6-12-16-11-5-7-13(19-2)18-14(11)17-12/h5,7,10H,3-4,6,8-9,15H2,1-2H3,(H,16,17,18). The lowest BCUT2D eigenvalue weighted by atomic mass is 9.97. The number of methoxy groups -OCH3 is 1. The Morgan fingerprint density at radius 2 is 2.16 bits per heavy atom. The van der Waals surface area contributed by atoms with Gasteiger partial charge in [0.25, 0.3) is 0 Å². The Hall–Kier alpha value is -1.62. The number of rotatable bonds is 7. The summed E-state index contributed by atoms with van der Waals surface area (Å²) in [6.07, 6.45) is 4.31. The summed E-state index contributed by atoms with van der Waals surface area (Å²) in [7, 11) is 1.61. The Morgan fingerprint density at radius 3 is 2.84 bits per heavy atom. The molecular formula is C14H22N4O. The van der Waals surface area contributed by atoms with Crippen LogP contribution in [0.25, 0.3) is 11.2 Å². The van der Waals surface area contributed by atoms with Gasteiger partial charge >= 0.3 is 0 Å². The third-order valence-corrected chi connectivity index (χ3v) is 3.52. The number of hydrogen-bond donors (Lipinski definition) is 2. The van der Waals surface area contributed by atoms with Crippen molar-refractivity contribution in [1.29, 1.82) is 0 Å². The molecular weight excluding hydrogens is 240 g/mol. The minimum absolute atomic E-state index is 0.597. The van der Waals surface area contributed by atoms with E-state index in [4.69, 9.17) is 10.5 Å². The van der Waals surface area contributed by atoms with Gasteiger partial charge in [-0.25, -0.2) is 4.98 Å². The van der Waals surface area contributed by atoms with E-state index in [0.29, 0.717) is 11.8 Å². The SMILES string of the molecule is CCC(CCN)CCc1nc2nc(OC)ccc2[nH]1. The minimum Gasteiger partial charge on any atom is -0.481 e. The topological polar surface area (TPSA) is 76.8 Å². The summed E-state index contributed by atoms with van der Waals surface area (Å²) >= 11 is 0. The molecule has 0 bridgehead atoms. The Labute approximate surface area is 113 Å². The van der Waals surface area contributed by atoms with Crippen molar-refractivity contribution in [3.63, 3.8) is 0 Å². The zero-order chi connectivity index (χ0) is 13.7. The highest BCUT2D eigenvalue weighted by atomic mass is 16.5. The first-order valence-corrected chi connectivity index (χ1v) is 6.86. The fourth-order valence-corrected chi connectivity index (χ4v) is 2.29. The molecule has 19 heavy (non-hydrogen) atoms. The molecule has 5 nitrogen and oxygen atoms in total. The third kappa shape index (κ3) is 3.44. The van der Waals surface area contributed by atoms with Crippen molar-refractivity contribution in [2.45, 2.75) is 32.6 Å². The number of pyridine rings is 1. The molecule has 0 aliphatic rings. The van der Waals surface area contributed by atoms with E-state index in [1.165, 1.54) is 6.42 Å². The van der Waals surface area contributed by atoms with Crippen molar-refractivity contribution in [1.82, 2.24) is 15.0 Å². The molecule has 0 aromatic carbocycles. The van der Waals surface area contributed by atoms with Gasteiger partial charge in [0, 0.05) is 12.5 Å². The van der Waals surface area contributed by atoms with Gasteiger partial charge in [-0.2, -0.15) is 4.98 Å². The molecule has 1 unspecified atom stereocenters. The summed E-state index contributed by atoms with van der Waals surface area (Å²) in [6.45, 7) is 2.97. The molecule has 0 saturated heterocycles. The average Bonchev–Trinajstić information content (AvgIpc) is 2.84. The van der Waals surface area contributed by atoms with Gasteiger partial charge in [0.1, 0.15) is 5.82 Å². The Kier molecular flexibility index (Phi) is 4.74. The van der Waals surface area contributed by atoms with Crippen LogP contribution in [-0.4, -0.2) is 28.6 Å². The number of nitrogens with two attached hydrogens (primary N) is 1. The predicted molar refractivity (Wildman–Crippen MR) is 76.2 cm³/mol. The number of aromatic nitrogens is 3. The number of fused-ring (bicyclic) bond motifs is 1. The quantitative estimate of drug-likeness (QED) is 0.802. The van der Waals surface area contributed by atoms with E-state index in [1.807, 2.05) is 12.1 Å². The Bertz CT molecular complexity index is 523. The van der Waals surface area contributed by atoms with Crippen molar-refractivity contribution in [2.75, 3.05) is 13.7 Å². The number of imidazole rings is 1. The summed E-state index contributed by atoms with van der Waals surface area (Å²) in [6, 6.07) is 3.79. The second-order valence-corrected chi connectivity index (χ2v) is 4.80. The van der Waals surface area contributed by atoms with Crippen LogP contribution in [0, 0.1) is 5.92 Å². The predicted octanol–water partition coefficient (Wildman–Crippen LogP) is 2.27. The van der Waals surface area contributed by atoms with Gasteiger partial charge in [-0.05, 0) is 31.4 Å². The van der Waals surface area contributed by atoms with Crippen molar-refractivity contribution >= 4 is 11.2 Å². The second kappa shape index (κ2) is 6.52. The molecule has 2 aromatic rings. The van der Waals surface area contributed by atoms with Crippen LogP contribution in [-0.2, 0) is 6.42 Å². The van der Waals surface area contributed by atoms with Crippen LogP contribution in [0.1, 0.15) is 32.0 Å². The highest BCUT2D eigenvalue weighted by Crippen LogP contribution is 2.18. The van der Waals surface area contributed by atoms with E-state index in [1.54, 1.807) is 7.11 Å². The molecule has 104 valence electrons. The van der Waals surface area contributed by atoms with E-state index >= 15 is 0 Å². The Balaban J connectivity index is 2.04. The van der Waals surface area contributed by atoms with Crippen LogP contribution in [0.3, 0.4) is 0 Å². The van der Waals surface area contributed by atoms with Gasteiger partial charge in [0.15, 0.2) is 5.65 Å². The summed E-state index contributed by atoms with van der Waals surface area (Å²) in [5, 5.41) is 0. The zero-order valence-electron chi connectivity index (χ0n) is 11.6. The maximum absolute atomic E-state index is 5.62. The van der Waals surface area contributed by atoms with Crippen molar-refractivity contribution in [3.8, 4) is 5.88 Å². The van der Waals surface area contributed by atoms with E-state index in [2.05, 4.69) is 21.9 Å². The van der Waals surface area contributed by atoms with Crippen molar-refractivity contribution in [2.24, 2.45) is 11.7 Å². The molecule has 3 N–H and O–H groups in total. The molecule has 0 aliphatic carbocycles. The second-order valence-electron chi connectivity index (χ2n) is 4.80. The fourth-order valence-electron chi connectivity index (χ4n) is 2.29. The molecule has 0 fully saturated rings. The van der Waals surface area contributed by atoms with Crippen LogP contribution in [0.4, 0.5) is 0 Å². The van der Waals surface area contributed by atoms with E-state index in [-0.39, 0.29) is 0 Å². The van der Waals surface area contributed by atoms with Gasteiger partial charge in [-0.3, -0.25) is 0 Å². The molecule has 1 atom stereocenters. The maximum Gasteiger partial charge on any atom is 0.215 e. The van der Waals surface area contributed by atoms with E-state index in [9.17, 15) is 0 Å². The number of aryl methyl sites for hydroxylation is 1. The molecule has 2 aromatic heterocycles. The molecule has 5 heteroatoms. The largest absolute Gasteiger partial charge is 0.481 e. The van der Waals surface area contributed by atoms with Gasteiger partial charge in [-0.15, -0.1) is 0 Å².